The lowest BCUT2D eigenvalue weighted by atomic mass is 9.92. The van der Waals surface area contributed by atoms with Crippen LogP contribution in [0.25, 0.3) is 0 Å². The fourth-order valence-corrected chi connectivity index (χ4v) is 4.07. The largest absolute Gasteiger partial charge is 0.507 e. The summed E-state index contributed by atoms with van der Waals surface area (Å²) in [7, 11) is 0. The van der Waals surface area contributed by atoms with Crippen molar-refractivity contribution in [3.8, 4) is 17.6 Å². The van der Waals surface area contributed by atoms with Crippen molar-refractivity contribution in [2.24, 2.45) is 0 Å². The van der Waals surface area contributed by atoms with Crippen LogP contribution in [0.5, 0.6) is 11.5 Å². The highest BCUT2D eigenvalue weighted by Crippen LogP contribution is 2.33. The molecule has 7 nitrogen and oxygen atoms in total. The Morgan fingerprint density at radius 1 is 1.06 bits per heavy atom. The first-order valence-electron chi connectivity index (χ1n) is 10.2. The second kappa shape index (κ2) is 9.23. The number of hydrogen-bond donors (Lipinski definition) is 3. The number of carbonyl (C=O) groups is 2. The monoisotopic (exact) mass is 461 g/mol. The molecule has 0 spiro atoms. The predicted octanol–water partition coefficient (Wildman–Crippen LogP) is 3.51. The van der Waals surface area contributed by atoms with E-state index in [-0.39, 0.29) is 35.3 Å². The molecular weight excluding hydrogens is 442 g/mol. The summed E-state index contributed by atoms with van der Waals surface area (Å²) in [6, 6.07) is 17.9. The van der Waals surface area contributed by atoms with Gasteiger partial charge < -0.3 is 20.4 Å². The highest BCUT2D eigenvalue weighted by Gasteiger charge is 2.36. The van der Waals surface area contributed by atoms with Crippen molar-refractivity contribution < 1.29 is 19.8 Å². The van der Waals surface area contributed by atoms with Crippen molar-refractivity contribution in [3.63, 3.8) is 0 Å². The van der Waals surface area contributed by atoms with Crippen molar-refractivity contribution in [1.29, 1.82) is 5.26 Å². The van der Waals surface area contributed by atoms with Gasteiger partial charge in [-0.1, -0.05) is 48.0 Å². The maximum atomic E-state index is 13.4. The zero-order valence-corrected chi connectivity index (χ0v) is 18.2. The van der Waals surface area contributed by atoms with Gasteiger partial charge >= 0.3 is 0 Å². The molecule has 0 saturated heterocycles. The van der Waals surface area contributed by atoms with Crippen LogP contribution in [0.1, 0.15) is 32.6 Å². The summed E-state index contributed by atoms with van der Waals surface area (Å²) in [6.45, 7) is 0.375. The van der Waals surface area contributed by atoms with Gasteiger partial charge in [-0.15, -0.1) is 0 Å². The molecule has 4 rings (SSSR count). The van der Waals surface area contributed by atoms with Crippen LogP contribution < -0.4 is 5.32 Å². The van der Waals surface area contributed by atoms with Crippen molar-refractivity contribution in [3.05, 3.63) is 93.5 Å². The zero-order valence-electron chi connectivity index (χ0n) is 17.5. The van der Waals surface area contributed by atoms with E-state index in [0.29, 0.717) is 12.0 Å². The van der Waals surface area contributed by atoms with Crippen LogP contribution in [0.2, 0.25) is 5.02 Å². The van der Waals surface area contributed by atoms with Gasteiger partial charge in [0.15, 0.2) is 0 Å². The molecule has 33 heavy (non-hydrogen) atoms. The number of halogens is 1. The molecule has 1 aliphatic rings. The number of nitrogens with one attached hydrogen (secondary N) is 1. The molecule has 0 radical (unpaired) electrons. The van der Waals surface area contributed by atoms with Gasteiger partial charge in [0.25, 0.3) is 5.91 Å². The summed E-state index contributed by atoms with van der Waals surface area (Å²) in [6.07, 6.45) is 0.304. The van der Waals surface area contributed by atoms with Gasteiger partial charge in [-0.25, -0.2) is 0 Å². The molecule has 1 heterocycles. The van der Waals surface area contributed by atoms with Gasteiger partial charge in [0.05, 0.1) is 22.2 Å². The molecule has 0 unspecified atom stereocenters. The number of carbonyl (C=O) groups excluding carboxylic acids is 2. The minimum atomic E-state index is -0.821. The standard InChI is InChI=1S/C25H20ClN3O4/c26-20-10-19(22(30)11-23(20)31)25(33)29-14-18-7-2-1-6-17(18)9-21(29)24(32)28-13-16-5-3-4-15(8-16)12-27/h1-8,10-11,21,30-31H,9,13-14H2,(H,28,32)/t21-/m1/s1. The first-order valence-corrected chi connectivity index (χ1v) is 10.6. The Balaban J connectivity index is 1.62. The first kappa shape index (κ1) is 22.2. The Morgan fingerprint density at radius 3 is 2.58 bits per heavy atom. The predicted molar refractivity (Wildman–Crippen MR) is 122 cm³/mol. The fourth-order valence-electron chi connectivity index (χ4n) is 3.91. The van der Waals surface area contributed by atoms with Crippen LogP contribution in [0.15, 0.2) is 60.7 Å². The molecule has 0 aromatic heterocycles. The number of amides is 2. The number of aromatic hydroxyl groups is 2. The number of benzene rings is 3. The summed E-state index contributed by atoms with van der Waals surface area (Å²) >= 11 is 5.96. The second-order valence-corrected chi connectivity index (χ2v) is 8.18. The summed E-state index contributed by atoms with van der Waals surface area (Å²) in [5.41, 5.74) is 3.02. The average molecular weight is 462 g/mol. The molecule has 0 aliphatic carbocycles. The molecule has 3 aromatic carbocycles. The van der Waals surface area contributed by atoms with Gasteiger partial charge in [-0.3, -0.25) is 9.59 Å². The molecule has 1 atom stereocenters. The number of nitriles is 1. The van der Waals surface area contributed by atoms with Gasteiger partial charge in [-0.2, -0.15) is 5.26 Å². The highest BCUT2D eigenvalue weighted by molar-refractivity contribution is 6.32. The van der Waals surface area contributed by atoms with E-state index in [0.717, 1.165) is 22.8 Å². The van der Waals surface area contributed by atoms with Crippen molar-refractivity contribution in [2.45, 2.75) is 25.6 Å². The lowest BCUT2D eigenvalue weighted by Crippen LogP contribution is -2.52. The number of phenols is 2. The number of nitrogens with zero attached hydrogens (tertiary/aromatic N) is 2. The highest BCUT2D eigenvalue weighted by atomic mass is 35.5. The summed E-state index contributed by atoms with van der Waals surface area (Å²) in [4.78, 5) is 28.0. The Hall–Kier alpha value is -4.02. The van der Waals surface area contributed by atoms with E-state index in [1.165, 1.54) is 11.0 Å². The maximum absolute atomic E-state index is 13.4. The van der Waals surface area contributed by atoms with E-state index < -0.39 is 17.7 Å². The summed E-state index contributed by atoms with van der Waals surface area (Å²) < 4.78 is 0. The molecule has 1 aliphatic heterocycles. The zero-order chi connectivity index (χ0) is 23.5. The first-order chi connectivity index (χ1) is 15.9. The molecule has 0 fully saturated rings. The maximum Gasteiger partial charge on any atom is 0.258 e. The Kier molecular flexibility index (Phi) is 6.20. The molecule has 0 bridgehead atoms. The van der Waals surface area contributed by atoms with Crippen LogP contribution in [0, 0.1) is 11.3 Å². The van der Waals surface area contributed by atoms with Crippen LogP contribution in [0.4, 0.5) is 0 Å². The number of rotatable bonds is 4. The summed E-state index contributed by atoms with van der Waals surface area (Å²) in [5.74, 6) is -1.70. The molecular formula is C25H20ClN3O4. The molecule has 166 valence electrons. The lowest BCUT2D eigenvalue weighted by molar-refractivity contribution is -0.126. The fraction of sp³-hybridized carbons (Fsp3) is 0.160. The van der Waals surface area contributed by atoms with Gasteiger partial charge in [-0.05, 0) is 34.9 Å². The van der Waals surface area contributed by atoms with Gasteiger partial charge in [0.1, 0.15) is 17.5 Å². The molecule has 8 heteroatoms. The van der Waals surface area contributed by atoms with E-state index in [2.05, 4.69) is 11.4 Å². The van der Waals surface area contributed by atoms with Crippen LogP contribution in [-0.2, 0) is 24.3 Å². The van der Waals surface area contributed by atoms with E-state index in [4.69, 9.17) is 16.9 Å². The minimum Gasteiger partial charge on any atom is -0.507 e. The molecule has 0 saturated carbocycles. The molecule has 3 aromatic rings. The van der Waals surface area contributed by atoms with Gasteiger partial charge in [0, 0.05) is 25.6 Å². The number of hydrogen-bond acceptors (Lipinski definition) is 5. The molecule has 2 amide bonds. The number of phenolic OH excluding ortho intramolecular Hbond substituents is 2. The van der Waals surface area contributed by atoms with E-state index >= 15 is 0 Å². The number of fused-ring (bicyclic) bond motifs is 1. The third-order valence-electron chi connectivity index (χ3n) is 5.63. The Labute approximate surface area is 195 Å². The Morgan fingerprint density at radius 2 is 1.82 bits per heavy atom. The van der Waals surface area contributed by atoms with Gasteiger partial charge in [0.2, 0.25) is 5.91 Å². The van der Waals surface area contributed by atoms with Crippen LogP contribution in [0.3, 0.4) is 0 Å². The molecule has 3 N–H and O–H groups in total. The topological polar surface area (TPSA) is 114 Å². The second-order valence-electron chi connectivity index (χ2n) is 7.77. The summed E-state index contributed by atoms with van der Waals surface area (Å²) in [5, 5.41) is 31.8. The third-order valence-corrected chi connectivity index (χ3v) is 5.93. The minimum absolute atomic E-state index is 0.0769. The lowest BCUT2D eigenvalue weighted by Gasteiger charge is -2.36. The van der Waals surface area contributed by atoms with E-state index in [9.17, 15) is 19.8 Å². The normalized spacial score (nSPS) is 14.8. The SMILES string of the molecule is N#Cc1cccc(CNC(=O)[C@H]2Cc3ccccc3CN2C(=O)c2cc(Cl)c(O)cc2O)c1. The Bertz CT molecular complexity index is 1280. The van der Waals surface area contributed by atoms with Crippen molar-refractivity contribution in [1.82, 2.24) is 10.2 Å². The smallest absolute Gasteiger partial charge is 0.258 e. The third kappa shape index (κ3) is 4.61. The van der Waals surface area contributed by atoms with Crippen LogP contribution >= 0.6 is 11.6 Å². The quantitative estimate of drug-likeness (QED) is 0.550. The van der Waals surface area contributed by atoms with E-state index in [1.807, 2.05) is 24.3 Å². The van der Waals surface area contributed by atoms with E-state index in [1.54, 1.807) is 24.3 Å². The van der Waals surface area contributed by atoms with Crippen molar-refractivity contribution in [2.75, 3.05) is 0 Å². The average Bonchev–Trinajstić information content (AvgIpc) is 2.83. The van der Waals surface area contributed by atoms with Crippen LogP contribution in [-0.4, -0.2) is 33.0 Å². The van der Waals surface area contributed by atoms with Crippen molar-refractivity contribution >= 4 is 23.4 Å².